The maximum atomic E-state index is 10.7. The minimum absolute atomic E-state index is 0.266. The van der Waals surface area contributed by atoms with Gasteiger partial charge in [0.2, 0.25) is 0 Å². The molecule has 0 amide bonds. The van der Waals surface area contributed by atoms with Gasteiger partial charge in [0.05, 0.1) is 5.57 Å². The molecule has 1 aromatic carbocycles. The van der Waals surface area contributed by atoms with Gasteiger partial charge in [0.25, 0.3) is 0 Å². The molecule has 17 heavy (non-hydrogen) atoms. The summed E-state index contributed by atoms with van der Waals surface area (Å²) in [6, 6.07) is 7.43. The van der Waals surface area contributed by atoms with E-state index in [0.29, 0.717) is 6.08 Å². The number of aryl methyl sites for hydroxylation is 1. The van der Waals surface area contributed by atoms with Gasteiger partial charge in [-0.05, 0) is 18.6 Å². The van der Waals surface area contributed by atoms with E-state index in [0.717, 1.165) is 11.1 Å². The first-order valence-corrected chi connectivity index (χ1v) is 4.91. The van der Waals surface area contributed by atoms with Crippen LogP contribution in [0.2, 0.25) is 0 Å². The highest BCUT2D eigenvalue weighted by Gasteiger charge is 2.05. The Morgan fingerprint density at radius 1 is 1.12 bits per heavy atom. The van der Waals surface area contributed by atoms with Crippen molar-refractivity contribution in [3.8, 4) is 0 Å². The number of carboxylic acid groups (broad SMARTS) is 2. The van der Waals surface area contributed by atoms with Crippen LogP contribution in [0, 0.1) is 6.92 Å². The number of hydrogen-bond acceptors (Lipinski definition) is 2. The van der Waals surface area contributed by atoms with Crippen molar-refractivity contribution in [2.24, 2.45) is 0 Å². The minimum atomic E-state index is -1.28. The monoisotopic (exact) mass is 232 g/mol. The third kappa shape index (κ3) is 4.34. The fourth-order valence-electron chi connectivity index (χ4n) is 1.18. The van der Waals surface area contributed by atoms with Crippen molar-refractivity contribution >= 4 is 18.0 Å². The van der Waals surface area contributed by atoms with Gasteiger partial charge in [-0.1, -0.05) is 35.9 Å². The third-order valence-electron chi connectivity index (χ3n) is 2.06. The lowest BCUT2D eigenvalue weighted by atomic mass is 10.1. The molecule has 1 rings (SSSR count). The molecule has 0 radical (unpaired) electrons. The van der Waals surface area contributed by atoms with Crippen LogP contribution in [0.3, 0.4) is 0 Å². The van der Waals surface area contributed by atoms with Gasteiger partial charge in [-0.3, -0.25) is 0 Å². The van der Waals surface area contributed by atoms with E-state index in [2.05, 4.69) is 0 Å². The van der Waals surface area contributed by atoms with Gasteiger partial charge in [-0.15, -0.1) is 0 Å². The number of hydrogen-bond donors (Lipinski definition) is 2. The lowest BCUT2D eigenvalue weighted by Crippen LogP contribution is -2.01. The second kappa shape index (κ2) is 5.65. The molecule has 0 fully saturated rings. The van der Waals surface area contributed by atoms with E-state index in [1.165, 1.54) is 6.08 Å². The fourth-order valence-corrected chi connectivity index (χ4v) is 1.18. The molecule has 0 saturated carbocycles. The van der Waals surface area contributed by atoms with Crippen molar-refractivity contribution in [3.63, 3.8) is 0 Å². The van der Waals surface area contributed by atoms with Crippen molar-refractivity contribution in [2.45, 2.75) is 6.92 Å². The van der Waals surface area contributed by atoms with Crippen molar-refractivity contribution in [1.82, 2.24) is 0 Å². The normalized spacial score (nSPS) is 11.7. The summed E-state index contributed by atoms with van der Waals surface area (Å²) in [6.07, 6.45) is 3.48. The maximum absolute atomic E-state index is 10.7. The fraction of sp³-hybridized carbons (Fsp3) is 0.0769. The van der Waals surface area contributed by atoms with Crippen molar-refractivity contribution < 1.29 is 19.8 Å². The largest absolute Gasteiger partial charge is 0.478 e. The maximum Gasteiger partial charge on any atom is 0.335 e. The lowest BCUT2D eigenvalue weighted by Gasteiger charge is -1.96. The van der Waals surface area contributed by atoms with Crippen LogP contribution in [0.5, 0.6) is 0 Å². The Labute approximate surface area is 98.5 Å². The zero-order valence-electron chi connectivity index (χ0n) is 9.25. The van der Waals surface area contributed by atoms with Crippen LogP contribution >= 0.6 is 0 Å². The Bertz CT molecular complexity index is 481. The van der Waals surface area contributed by atoms with Gasteiger partial charge in [-0.2, -0.15) is 0 Å². The molecule has 0 heterocycles. The Hall–Kier alpha value is -2.36. The predicted molar refractivity (Wildman–Crippen MR) is 63.6 cm³/mol. The molecule has 0 aliphatic rings. The molecular weight excluding hydrogens is 220 g/mol. The molecule has 0 spiro atoms. The molecule has 2 N–H and O–H groups in total. The second-order valence-electron chi connectivity index (χ2n) is 3.49. The number of benzene rings is 1. The molecule has 4 nitrogen and oxygen atoms in total. The summed E-state index contributed by atoms with van der Waals surface area (Å²) in [5.74, 6) is -2.55. The first-order chi connectivity index (χ1) is 7.99. The first-order valence-electron chi connectivity index (χ1n) is 4.91. The summed E-state index contributed by atoms with van der Waals surface area (Å²) in [6.45, 7) is 1.94. The van der Waals surface area contributed by atoms with E-state index in [9.17, 15) is 9.59 Å². The standard InChI is InChI=1S/C13H12O4/c1-9-2-4-10(5-3-9)6-7-11(13(16)17)8-12(14)15/h2-8H,1H3,(H,14,15)(H,16,17)/b7-6?,11-8-. The SMILES string of the molecule is Cc1ccc(C=C/C(=C/C(=O)O)C(=O)O)cc1. The summed E-state index contributed by atoms with van der Waals surface area (Å²) in [4.78, 5) is 21.1. The van der Waals surface area contributed by atoms with Crippen molar-refractivity contribution in [3.05, 3.63) is 53.1 Å². The van der Waals surface area contributed by atoms with Gasteiger partial charge < -0.3 is 10.2 Å². The summed E-state index contributed by atoms with van der Waals surface area (Å²) in [5, 5.41) is 17.3. The Balaban J connectivity index is 2.91. The van der Waals surface area contributed by atoms with Gasteiger partial charge in [0.1, 0.15) is 0 Å². The quantitative estimate of drug-likeness (QED) is 0.615. The van der Waals surface area contributed by atoms with E-state index in [-0.39, 0.29) is 5.57 Å². The van der Waals surface area contributed by atoms with E-state index < -0.39 is 11.9 Å². The Morgan fingerprint density at radius 2 is 1.71 bits per heavy atom. The van der Waals surface area contributed by atoms with Gasteiger partial charge in [-0.25, -0.2) is 9.59 Å². The van der Waals surface area contributed by atoms with Crippen LogP contribution in [0.4, 0.5) is 0 Å². The summed E-state index contributed by atoms with van der Waals surface area (Å²) < 4.78 is 0. The van der Waals surface area contributed by atoms with Gasteiger partial charge in [0.15, 0.2) is 0 Å². The number of carbonyl (C=O) groups is 2. The van der Waals surface area contributed by atoms with Crippen LogP contribution in [-0.4, -0.2) is 22.2 Å². The lowest BCUT2D eigenvalue weighted by molar-refractivity contribution is -0.134. The molecular formula is C13H12O4. The summed E-state index contributed by atoms with van der Waals surface area (Å²) in [5.41, 5.74) is 1.65. The highest BCUT2D eigenvalue weighted by Crippen LogP contribution is 2.07. The smallest absolute Gasteiger partial charge is 0.335 e. The van der Waals surface area contributed by atoms with E-state index in [4.69, 9.17) is 10.2 Å². The predicted octanol–water partition coefficient (Wildman–Crippen LogP) is 2.10. The number of carboxylic acids is 2. The van der Waals surface area contributed by atoms with Crippen molar-refractivity contribution in [1.29, 1.82) is 0 Å². The van der Waals surface area contributed by atoms with Crippen molar-refractivity contribution in [2.75, 3.05) is 0 Å². The van der Waals surface area contributed by atoms with E-state index >= 15 is 0 Å². The van der Waals surface area contributed by atoms with Crippen LogP contribution in [0.25, 0.3) is 6.08 Å². The molecule has 1 aromatic rings. The molecule has 0 aromatic heterocycles. The number of aliphatic carboxylic acids is 2. The highest BCUT2D eigenvalue weighted by atomic mass is 16.4. The molecule has 0 atom stereocenters. The Kier molecular flexibility index (Phi) is 4.22. The minimum Gasteiger partial charge on any atom is -0.478 e. The average Bonchev–Trinajstić information content (AvgIpc) is 2.25. The van der Waals surface area contributed by atoms with Crippen LogP contribution in [0.15, 0.2) is 42.0 Å². The molecule has 0 bridgehead atoms. The number of rotatable bonds is 4. The average molecular weight is 232 g/mol. The van der Waals surface area contributed by atoms with E-state index in [1.54, 1.807) is 6.08 Å². The van der Waals surface area contributed by atoms with E-state index in [1.807, 2.05) is 31.2 Å². The molecule has 4 heteroatoms. The second-order valence-corrected chi connectivity index (χ2v) is 3.49. The highest BCUT2D eigenvalue weighted by molar-refractivity contribution is 5.97. The molecule has 0 aliphatic carbocycles. The third-order valence-corrected chi connectivity index (χ3v) is 2.06. The van der Waals surface area contributed by atoms with Crippen LogP contribution in [0.1, 0.15) is 11.1 Å². The topological polar surface area (TPSA) is 74.6 Å². The van der Waals surface area contributed by atoms with Gasteiger partial charge in [0, 0.05) is 6.08 Å². The van der Waals surface area contributed by atoms with Gasteiger partial charge >= 0.3 is 11.9 Å². The zero-order valence-corrected chi connectivity index (χ0v) is 9.25. The molecule has 0 unspecified atom stereocenters. The van der Waals surface area contributed by atoms with Crippen LogP contribution in [-0.2, 0) is 9.59 Å². The van der Waals surface area contributed by atoms with Crippen LogP contribution < -0.4 is 0 Å². The molecule has 0 saturated heterocycles. The summed E-state index contributed by atoms with van der Waals surface area (Å²) in [7, 11) is 0. The summed E-state index contributed by atoms with van der Waals surface area (Å²) >= 11 is 0. The molecule has 88 valence electrons. The Morgan fingerprint density at radius 3 is 2.18 bits per heavy atom. The zero-order chi connectivity index (χ0) is 12.8. The first kappa shape index (κ1) is 12.7. The molecule has 0 aliphatic heterocycles.